The molecule has 28 heavy (non-hydrogen) atoms. The first kappa shape index (κ1) is 19.1. The van der Waals surface area contributed by atoms with Gasteiger partial charge in [0.2, 0.25) is 0 Å². The molecule has 0 radical (unpaired) electrons. The molecule has 3 aromatic rings. The number of nitrogens with one attached hydrogen (secondary N) is 1. The summed E-state index contributed by atoms with van der Waals surface area (Å²) in [5, 5.41) is 15.0. The normalized spacial score (nSPS) is 10.5. The van der Waals surface area contributed by atoms with Gasteiger partial charge in [0, 0.05) is 17.6 Å². The summed E-state index contributed by atoms with van der Waals surface area (Å²) in [5.41, 5.74) is 1.74. The van der Waals surface area contributed by atoms with Gasteiger partial charge in [-0.2, -0.15) is 0 Å². The summed E-state index contributed by atoms with van der Waals surface area (Å²) in [7, 11) is 1.41. The Morgan fingerprint density at radius 1 is 1.25 bits per heavy atom. The maximum absolute atomic E-state index is 12.9. The molecule has 1 heterocycles. The second kappa shape index (κ2) is 7.91. The van der Waals surface area contributed by atoms with E-state index < -0.39 is 10.8 Å². The second-order valence-electron chi connectivity index (χ2n) is 5.99. The fourth-order valence-corrected chi connectivity index (χ4v) is 2.92. The maximum atomic E-state index is 12.9. The third-order valence-corrected chi connectivity index (χ3v) is 4.24. The van der Waals surface area contributed by atoms with Crippen molar-refractivity contribution in [1.29, 1.82) is 0 Å². The van der Waals surface area contributed by atoms with Gasteiger partial charge in [-0.25, -0.2) is 0 Å². The van der Waals surface area contributed by atoms with Gasteiger partial charge in [-0.3, -0.25) is 19.9 Å². The van der Waals surface area contributed by atoms with E-state index in [9.17, 15) is 14.9 Å². The van der Waals surface area contributed by atoms with Crippen LogP contribution in [0.2, 0.25) is 0 Å². The number of hydrogen-bond acceptors (Lipinski definition) is 6. The van der Waals surface area contributed by atoms with Crippen molar-refractivity contribution in [2.24, 2.45) is 0 Å². The number of anilines is 1. The lowest BCUT2D eigenvalue weighted by molar-refractivity contribution is -0.385. The standard InChI is InChI=1S/C20H19N3O5/c1-4-28-18-11-16(23(25)26)14(10-17(18)27-3)20(24)22-15-8-7-12(2)19-13(15)6-5-9-21-19/h5-11H,4H2,1-3H3,(H,22,24). The van der Waals surface area contributed by atoms with Crippen molar-refractivity contribution in [1.82, 2.24) is 4.98 Å². The Morgan fingerprint density at radius 2 is 2.04 bits per heavy atom. The van der Waals surface area contributed by atoms with Gasteiger partial charge in [-0.15, -0.1) is 0 Å². The monoisotopic (exact) mass is 381 g/mol. The Balaban J connectivity index is 2.06. The number of fused-ring (bicyclic) bond motifs is 1. The Bertz CT molecular complexity index is 1070. The summed E-state index contributed by atoms with van der Waals surface area (Å²) in [4.78, 5) is 28.1. The quantitative estimate of drug-likeness (QED) is 0.509. The maximum Gasteiger partial charge on any atom is 0.286 e. The van der Waals surface area contributed by atoms with Crippen molar-refractivity contribution < 1.29 is 19.2 Å². The molecule has 0 bridgehead atoms. The van der Waals surface area contributed by atoms with Crippen LogP contribution in [0.3, 0.4) is 0 Å². The van der Waals surface area contributed by atoms with E-state index in [-0.39, 0.29) is 22.7 Å². The average molecular weight is 381 g/mol. The second-order valence-corrected chi connectivity index (χ2v) is 5.99. The minimum Gasteiger partial charge on any atom is -0.493 e. The third-order valence-electron chi connectivity index (χ3n) is 4.24. The van der Waals surface area contributed by atoms with Crippen molar-refractivity contribution in [2.75, 3.05) is 19.0 Å². The first-order chi connectivity index (χ1) is 13.5. The van der Waals surface area contributed by atoms with Gasteiger partial charge in [0.25, 0.3) is 11.6 Å². The summed E-state index contributed by atoms with van der Waals surface area (Å²) in [6.07, 6.45) is 1.67. The fourth-order valence-electron chi connectivity index (χ4n) is 2.92. The molecule has 3 rings (SSSR count). The van der Waals surface area contributed by atoms with Crippen molar-refractivity contribution in [3.63, 3.8) is 0 Å². The molecule has 2 aromatic carbocycles. The first-order valence-electron chi connectivity index (χ1n) is 8.61. The number of carbonyl (C=O) groups is 1. The topological polar surface area (TPSA) is 104 Å². The number of aromatic nitrogens is 1. The van der Waals surface area contributed by atoms with Crippen LogP contribution < -0.4 is 14.8 Å². The number of benzene rings is 2. The zero-order valence-electron chi connectivity index (χ0n) is 15.7. The Kier molecular flexibility index (Phi) is 5.39. The molecule has 1 N–H and O–H groups in total. The van der Waals surface area contributed by atoms with Crippen molar-refractivity contribution in [2.45, 2.75) is 13.8 Å². The summed E-state index contributed by atoms with van der Waals surface area (Å²) < 4.78 is 10.6. The number of hydrogen-bond donors (Lipinski definition) is 1. The van der Waals surface area contributed by atoms with E-state index in [0.29, 0.717) is 12.3 Å². The number of nitro groups is 1. The summed E-state index contributed by atoms with van der Waals surface area (Å²) in [5.74, 6) is -0.173. The SMILES string of the molecule is CCOc1cc([N+](=O)[O-])c(C(=O)Nc2ccc(C)c3ncccc23)cc1OC. The lowest BCUT2D eigenvalue weighted by Gasteiger charge is -2.13. The fraction of sp³-hybridized carbons (Fsp3) is 0.200. The highest BCUT2D eigenvalue weighted by Gasteiger charge is 2.25. The van der Waals surface area contributed by atoms with E-state index in [0.717, 1.165) is 16.5 Å². The summed E-state index contributed by atoms with van der Waals surface area (Å²) >= 11 is 0. The molecule has 0 aliphatic heterocycles. The molecule has 144 valence electrons. The van der Waals surface area contributed by atoms with Crippen LogP contribution in [0.25, 0.3) is 10.9 Å². The Hall–Kier alpha value is -3.68. The van der Waals surface area contributed by atoms with Crippen LogP contribution >= 0.6 is 0 Å². The van der Waals surface area contributed by atoms with Gasteiger partial charge in [-0.1, -0.05) is 6.07 Å². The minimum atomic E-state index is -0.623. The molecule has 0 saturated carbocycles. The molecule has 0 atom stereocenters. The number of rotatable bonds is 6. The van der Waals surface area contributed by atoms with E-state index in [2.05, 4.69) is 10.3 Å². The van der Waals surface area contributed by atoms with Crippen LogP contribution in [-0.4, -0.2) is 29.5 Å². The van der Waals surface area contributed by atoms with Gasteiger partial charge in [0.05, 0.1) is 35.9 Å². The Morgan fingerprint density at radius 3 is 2.71 bits per heavy atom. The number of carbonyl (C=O) groups excluding carboxylic acids is 1. The largest absolute Gasteiger partial charge is 0.493 e. The highest BCUT2D eigenvalue weighted by atomic mass is 16.6. The van der Waals surface area contributed by atoms with Crippen LogP contribution in [0.4, 0.5) is 11.4 Å². The number of aryl methyl sites for hydroxylation is 1. The first-order valence-corrected chi connectivity index (χ1v) is 8.61. The van der Waals surface area contributed by atoms with Gasteiger partial charge in [-0.05, 0) is 37.6 Å². The van der Waals surface area contributed by atoms with Crippen LogP contribution in [0.1, 0.15) is 22.8 Å². The van der Waals surface area contributed by atoms with Crippen LogP contribution in [0, 0.1) is 17.0 Å². The number of ether oxygens (including phenoxy) is 2. The molecule has 0 aliphatic rings. The molecule has 0 saturated heterocycles. The smallest absolute Gasteiger partial charge is 0.286 e. The van der Waals surface area contributed by atoms with Crippen LogP contribution in [0.5, 0.6) is 11.5 Å². The van der Waals surface area contributed by atoms with Gasteiger partial charge in [0.1, 0.15) is 5.56 Å². The lowest BCUT2D eigenvalue weighted by Crippen LogP contribution is -2.15. The summed E-state index contributed by atoms with van der Waals surface area (Å²) in [6, 6.07) is 9.68. The highest BCUT2D eigenvalue weighted by Crippen LogP contribution is 2.35. The molecule has 1 amide bonds. The predicted octanol–water partition coefficient (Wildman–Crippen LogP) is 4.11. The molecule has 1 aromatic heterocycles. The number of nitro benzene ring substituents is 1. The molecule has 0 unspecified atom stereocenters. The van der Waals surface area contributed by atoms with E-state index in [4.69, 9.17) is 9.47 Å². The van der Waals surface area contributed by atoms with Crippen molar-refractivity contribution in [3.8, 4) is 11.5 Å². The van der Waals surface area contributed by atoms with Crippen molar-refractivity contribution >= 4 is 28.2 Å². The zero-order valence-corrected chi connectivity index (χ0v) is 15.7. The highest BCUT2D eigenvalue weighted by molar-refractivity contribution is 6.11. The van der Waals surface area contributed by atoms with E-state index in [1.54, 1.807) is 25.3 Å². The minimum absolute atomic E-state index is 0.122. The third kappa shape index (κ3) is 3.57. The molecular weight excluding hydrogens is 362 g/mol. The van der Waals surface area contributed by atoms with Gasteiger partial charge in [0.15, 0.2) is 11.5 Å². The Labute approximate surface area is 161 Å². The lowest BCUT2D eigenvalue weighted by atomic mass is 10.1. The molecule has 0 spiro atoms. The molecule has 0 aliphatic carbocycles. The van der Waals surface area contributed by atoms with E-state index in [1.165, 1.54) is 19.2 Å². The molecule has 0 fully saturated rings. The average Bonchev–Trinajstić information content (AvgIpc) is 2.70. The van der Waals surface area contributed by atoms with Crippen LogP contribution in [0.15, 0.2) is 42.6 Å². The van der Waals surface area contributed by atoms with Crippen molar-refractivity contribution in [3.05, 3.63) is 63.8 Å². The number of pyridine rings is 1. The predicted molar refractivity (Wildman–Crippen MR) is 105 cm³/mol. The molecule has 8 heteroatoms. The van der Waals surface area contributed by atoms with Crippen LogP contribution in [-0.2, 0) is 0 Å². The van der Waals surface area contributed by atoms with Gasteiger partial charge >= 0.3 is 0 Å². The molecular formula is C20H19N3O5. The number of amides is 1. The zero-order chi connectivity index (χ0) is 20.3. The summed E-state index contributed by atoms with van der Waals surface area (Å²) in [6.45, 7) is 3.98. The number of nitrogens with zero attached hydrogens (tertiary/aromatic N) is 2. The van der Waals surface area contributed by atoms with Gasteiger partial charge < -0.3 is 14.8 Å². The number of methoxy groups -OCH3 is 1. The molecule has 8 nitrogen and oxygen atoms in total. The van der Waals surface area contributed by atoms with E-state index >= 15 is 0 Å². The van der Waals surface area contributed by atoms with E-state index in [1.807, 2.05) is 19.1 Å².